The summed E-state index contributed by atoms with van der Waals surface area (Å²) in [6.45, 7) is 10.6. The number of nitrogens with one attached hydrogen (secondary N) is 1. The quantitative estimate of drug-likeness (QED) is 0.413. The number of nitrogens with zero attached hydrogens (tertiary/aromatic N) is 2. The number of piperidine rings is 1. The molecule has 0 bridgehead atoms. The molecular formula is C33H47N3O3. The van der Waals surface area contributed by atoms with Crippen molar-refractivity contribution in [2.24, 2.45) is 11.8 Å². The summed E-state index contributed by atoms with van der Waals surface area (Å²) in [6, 6.07) is 14.3. The number of hydrogen-bond acceptors (Lipinski definition) is 4. The second-order valence-electron chi connectivity index (χ2n) is 11.8. The van der Waals surface area contributed by atoms with E-state index in [9.17, 15) is 9.59 Å². The van der Waals surface area contributed by atoms with E-state index in [4.69, 9.17) is 4.74 Å². The molecule has 1 N–H and O–H groups in total. The highest BCUT2D eigenvalue weighted by Crippen LogP contribution is 2.31. The van der Waals surface area contributed by atoms with Gasteiger partial charge in [-0.1, -0.05) is 32.0 Å². The molecule has 1 saturated heterocycles. The minimum Gasteiger partial charge on any atom is -0.490 e. The number of aryl methyl sites for hydroxylation is 1. The zero-order valence-electron chi connectivity index (χ0n) is 24.4. The molecule has 39 heavy (non-hydrogen) atoms. The van der Waals surface area contributed by atoms with E-state index in [2.05, 4.69) is 42.3 Å². The van der Waals surface area contributed by atoms with Gasteiger partial charge >= 0.3 is 0 Å². The maximum atomic E-state index is 13.4. The molecule has 4 rings (SSSR count). The van der Waals surface area contributed by atoms with E-state index < -0.39 is 0 Å². The summed E-state index contributed by atoms with van der Waals surface area (Å²) in [5.74, 6) is 1.84. The number of carbonyl (C=O) groups excluding carboxylic acids is 2. The lowest BCUT2D eigenvalue weighted by molar-refractivity contribution is -0.123. The summed E-state index contributed by atoms with van der Waals surface area (Å²) in [4.78, 5) is 29.8. The molecule has 2 aromatic rings. The first kappa shape index (κ1) is 29.1. The zero-order valence-corrected chi connectivity index (χ0v) is 24.4. The molecule has 2 aromatic carbocycles. The van der Waals surface area contributed by atoms with Crippen LogP contribution in [-0.4, -0.2) is 49.5 Å². The van der Waals surface area contributed by atoms with Crippen molar-refractivity contribution in [3.8, 4) is 5.75 Å². The average Bonchev–Trinajstić information content (AvgIpc) is 2.93. The third-order valence-electron chi connectivity index (χ3n) is 8.34. The SMILES string of the molecule is CCCNC(=O)Cc1cccc(OC2CCC(C(=O)N(C)c3ccc(CN4CCC[C@@H](C)C4)c(C)c3)CC2)c1. The van der Waals surface area contributed by atoms with Crippen LogP contribution in [0.4, 0.5) is 5.69 Å². The number of carbonyl (C=O) groups is 2. The Bertz CT molecular complexity index is 1110. The minimum atomic E-state index is 0.0262. The second kappa shape index (κ2) is 14.0. The Labute approximate surface area is 235 Å². The van der Waals surface area contributed by atoms with E-state index in [1.165, 1.54) is 37.1 Å². The van der Waals surface area contributed by atoms with Crippen LogP contribution in [0.2, 0.25) is 0 Å². The Hall–Kier alpha value is -2.86. The van der Waals surface area contributed by atoms with Gasteiger partial charge in [-0.25, -0.2) is 0 Å². The van der Waals surface area contributed by atoms with Crippen molar-refractivity contribution in [1.82, 2.24) is 10.2 Å². The molecule has 1 aliphatic carbocycles. The van der Waals surface area contributed by atoms with Crippen molar-refractivity contribution in [2.75, 3.05) is 31.6 Å². The summed E-state index contributed by atoms with van der Waals surface area (Å²) in [6.07, 6.45) is 7.39. The van der Waals surface area contributed by atoms with Gasteiger partial charge in [-0.05, 0) is 105 Å². The highest BCUT2D eigenvalue weighted by molar-refractivity contribution is 5.94. The third-order valence-corrected chi connectivity index (χ3v) is 8.34. The van der Waals surface area contributed by atoms with Crippen LogP contribution < -0.4 is 15.0 Å². The van der Waals surface area contributed by atoms with Gasteiger partial charge in [0.2, 0.25) is 11.8 Å². The third kappa shape index (κ3) is 8.31. The van der Waals surface area contributed by atoms with Crippen LogP contribution in [-0.2, 0) is 22.6 Å². The molecule has 0 radical (unpaired) electrons. The standard InChI is InChI=1S/C33H47N3O3/c1-5-17-34-32(37)21-26-9-6-10-31(20-26)39-30-15-12-27(13-16-30)33(38)35(4)29-14-11-28(25(3)19-29)23-36-18-7-8-24(2)22-36/h6,9-11,14,19-20,24,27,30H,5,7-8,12-13,15-18,21-23H2,1-4H3,(H,34,37)/t24-,27?,30?/m1/s1. The van der Waals surface area contributed by atoms with E-state index in [0.29, 0.717) is 13.0 Å². The van der Waals surface area contributed by atoms with Gasteiger partial charge < -0.3 is 15.0 Å². The van der Waals surface area contributed by atoms with Crippen molar-refractivity contribution in [1.29, 1.82) is 0 Å². The maximum absolute atomic E-state index is 13.4. The van der Waals surface area contributed by atoms with Crippen molar-refractivity contribution < 1.29 is 14.3 Å². The fourth-order valence-electron chi connectivity index (χ4n) is 6.00. The molecular weight excluding hydrogens is 486 g/mol. The molecule has 1 aliphatic heterocycles. The van der Waals surface area contributed by atoms with E-state index >= 15 is 0 Å². The van der Waals surface area contributed by atoms with Crippen LogP contribution >= 0.6 is 0 Å². The summed E-state index contributed by atoms with van der Waals surface area (Å²) in [5.41, 5.74) is 4.55. The normalized spacial score (nSPS) is 21.8. The fourth-order valence-corrected chi connectivity index (χ4v) is 6.00. The van der Waals surface area contributed by atoms with Crippen LogP contribution in [0, 0.1) is 18.8 Å². The van der Waals surface area contributed by atoms with Crippen LogP contribution in [0.1, 0.15) is 75.5 Å². The number of likely N-dealkylation sites (tertiary alicyclic amines) is 1. The molecule has 6 nitrogen and oxygen atoms in total. The molecule has 0 aromatic heterocycles. The number of ether oxygens (including phenoxy) is 1. The molecule has 2 amide bonds. The first-order valence-electron chi connectivity index (χ1n) is 14.9. The van der Waals surface area contributed by atoms with Gasteiger partial charge in [-0.2, -0.15) is 0 Å². The Morgan fingerprint density at radius 3 is 2.59 bits per heavy atom. The Morgan fingerprint density at radius 2 is 1.87 bits per heavy atom. The summed E-state index contributed by atoms with van der Waals surface area (Å²) >= 11 is 0. The smallest absolute Gasteiger partial charge is 0.229 e. The minimum absolute atomic E-state index is 0.0262. The second-order valence-corrected chi connectivity index (χ2v) is 11.8. The zero-order chi connectivity index (χ0) is 27.8. The predicted octanol–water partition coefficient (Wildman–Crippen LogP) is 5.90. The molecule has 212 valence electrons. The maximum Gasteiger partial charge on any atom is 0.229 e. The highest BCUT2D eigenvalue weighted by Gasteiger charge is 2.30. The summed E-state index contributed by atoms with van der Waals surface area (Å²) in [7, 11) is 1.91. The molecule has 0 spiro atoms. The average molecular weight is 534 g/mol. The lowest BCUT2D eigenvalue weighted by Crippen LogP contribution is -2.37. The predicted molar refractivity (Wildman–Crippen MR) is 158 cm³/mol. The summed E-state index contributed by atoms with van der Waals surface area (Å²) < 4.78 is 6.27. The Balaban J connectivity index is 1.26. The van der Waals surface area contributed by atoms with Gasteiger partial charge in [-0.3, -0.25) is 14.5 Å². The van der Waals surface area contributed by atoms with Crippen molar-refractivity contribution in [3.05, 3.63) is 59.2 Å². The van der Waals surface area contributed by atoms with Crippen LogP contribution in [0.3, 0.4) is 0 Å². The van der Waals surface area contributed by atoms with Crippen molar-refractivity contribution in [3.63, 3.8) is 0 Å². The largest absolute Gasteiger partial charge is 0.490 e. The van der Waals surface area contributed by atoms with Gasteiger partial charge in [0, 0.05) is 38.3 Å². The fraction of sp³-hybridized carbons (Fsp3) is 0.576. The monoisotopic (exact) mass is 533 g/mol. The topological polar surface area (TPSA) is 61.9 Å². The number of benzene rings is 2. The number of anilines is 1. The van der Waals surface area contributed by atoms with Crippen LogP contribution in [0.5, 0.6) is 5.75 Å². The number of rotatable bonds is 10. The van der Waals surface area contributed by atoms with E-state index in [1.54, 1.807) is 0 Å². The molecule has 0 unspecified atom stereocenters. The molecule has 2 fully saturated rings. The van der Waals surface area contributed by atoms with E-state index in [-0.39, 0.29) is 23.8 Å². The van der Waals surface area contributed by atoms with Crippen LogP contribution in [0.25, 0.3) is 0 Å². The van der Waals surface area contributed by atoms with Gasteiger partial charge in [0.15, 0.2) is 0 Å². The molecule has 1 heterocycles. The lowest BCUT2D eigenvalue weighted by atomic mass is 9.86. The van der Waals surface area contributed by atoms with Gasteiger partial charge in [0.05, 0.1) is 12.5 Å². The lowest BCUT2D eigenvalue weighted by Gasteiger charge is -2.32. The van der Waals surface area contributed by atoms with E-state index in [1.807, 2.05) is 43.1 Å². The first-order valence-corrected chi connectivity index (χ1v) is 14.9. The number of amides is 2. The molecule has 6 heteroatoms. The van der Waals surface area contributed by atoms with E-state index in [0.717, 1.165) is 61.6 Å². The summed E-state index contributed by atoms with van der Waals surface area (Å²) in [5, 5.41) is 2.92. The molecule has 2 aliphatic rings. The van der Waals surface area contributed by atoms with Gasteiger partial charge in [0.1, 0.15) is 5.75 Å². The highest BCUT2D eigenvalue weighted by atomic mass is 16.5. The molecule has 1 atom stereocenters. The number of hydrogen-bond donors (Lipinski definition) is 1. The van der Waals surface area contributed by atoms with Crippen LogP contribution in [0.15, 0.2) is 42.5 Å². The molecule has 1 saturated carbocycles. The Kier molecular flexibility index (Phi) is 10.4. The van der Waals surface area contributed by atoms with Crippen molar-refractivity contribution >= 4 is 17.5 Å². The van der Waals surface area contributed by atoms with Gasteiger partial charge in [-0.15, -0.1) is 0 Å². The first-order chi connectivity index (χ1) is 18.8. The van der Waals surface area contributed by atoms with Gasteiger partial charge in [0.25, 0.3) is 0 Å². The van der Waals surface area contributed by atoms with Crippen molar-refractivity contribution in [2.45, 2.75) is 84.8 Å². The Morgan fingerprint density at radius 1 is 1.08 bits per heavy atom.